The minimum absolute atomic E-state index is 0.0731. The van der Waals surface area contributed by atoms with Crippen molar-refractivity contribution < 1.29 is 27.2 Å². The molecule has 7 rings (SSSR count). The molecule has 0 atom stereocenters. The van der Waals surface area contributed by atoms with Gasteiger partial charge in [-0.15, -0.1) is 0 Å². The van der Waals surface area contributed by atoms with Crippen LogP contribution in [0.5, 0.6) is 23.0 Å². The molecule has 0 bridgehead atoms. The topological polar surface area (TPSA) is 71.1 Å². The summed E-state index contributed by atoms with van der Waals surface area (Å²) in [6, 6.07) is 25.1. The third-order valence-electron chi connectivity index (χ3n) is 16.4. The van der Waals surface area contributed by atoms with Gasteiger partial charge in [0.25, 0.3) is 0 Å². The highest BCUT2D eigenvalue weighted by atomic mass is 31.2. The quantitative estimate of drug-likeness (QED) is 0.130. The fraction of sp³-hybridized carbons (Fsp3) is 0.528. The van der Waals surface area contributed by atoms with Crippen LogP contribution < -0.4 is 28.5 Å². The Morgan fingerprint density at radius 3 is 0.825 bits per heavy atom. The molecule has 0 fully saturated rings. The normalized spacial score (nSPS) is 15.6. The van der Waals surface area contributed by atoms with Crippen molar-refractivity contribution in [1.29, 1.82) is 0 Å². The molecule has 2 aliphatic rings. The lowest BCUT2D eigenvalue weighted by atomic mass is 9.78. The summed E-state index contributed by atoms with van der Waals surface area (Å²) in [4.78, 5) is -2.16. The van der Waals surface area contributed by atoms with Gasteiger partial charge in [-0.05, 0) is 156 Å². The number of rotatable bonds is 10. The zero-order chi connectivity index (χ0) is 60.5. The predicted molar refractivity (Wildman–Crippen MR) is 341 cm³/mol. The molecule has 0 aliphatic heterocycles. The molecular formula is C72H100O6P2. The molecule has 0 radical (unpaired) electrons. The van der Waals surface area contributed by atoms with Crippen LogP contribution >= 0.6 is 15.2 Å². The highest BCUT2D eigenvalue weighted by Crippen LogP contribution is 2.83. The first-order valence-corrected chi connectivity index (χ1v) is 32.3. The van der Waals surface area contributed by atoms with Crippen molar-refractivity contribution in [2.24, 2.45) is 0 Å². The van der Waals surface area contributed by atoms with Gasteiger partial charge in [-0.3, -0.25) is 0 Å². The van der Waals surface area contributed by atoms with Crippen molar-refractivity contribution in [2.75, 3.05) is 0 Å². The Labute approximate surface area is 484 Å². The smallest absolute Gasteiger partial charge is 0.415 e. The average molecular weight is 1120 g/mol. The molecule has 434 valence electrons. The van der Waals surface area contributed by atoms with Crippen molar-refractivity contribution in [2.45, 2.75) is 249 Å². The molecule has 8 heteroatoms. The Bertz CT molecular complexity index is 3170. The summed E-state index contributed by atoms with van der Waals surface area (Å²) in [5, 5.41) is 1.74. The van der Waals surface area contributed by atoms with Crippen LogP contribution in [0.3, 0.4) is 0 Å². The Kier molecular flexibility index (Phi) is 15.9. The second kappa shape index (κ2) is 20.2. The number of aryl methyl sites for hydroxylation is 4. The molecule has 0 aromatic heterocycles. The van der Waals surface area contributed by atoms with Crippen molar-refractivity contribution >= 4 is 26.3 Å². The largest absolute Gasteiger partial charge is 0.456 e. The van der Waals surface area contributed by atoms with Crippen LogP contribution in [-0.2, 0) is 52.5 Å². The van der Waals surface area contributed by atoms with Crippen LogP contribution in [0, 0.1) is 27.7 Å². The number of hydrogen-bond acceptors (Lipinski definition) is 6. The van der Waals surface area contributed by atoms with E-state index in [0.29, 0.717) is 28.6 Å². The van der Waals surface area contributed by atoms with Crippen molar-refractivity contribution in [3.8, 4) is 23.0 Å². The molecule has 0 unspecified atom stereocenters. The lowest BCUT2D eigenvalue weighted by Crippen LogP contribution is -2.51. The Morgan fingerprint density at radius 2 is 0.588 bits per heavy atom. The summed E-state index contributed by atoms with van der Waals surface area (Å²) in [7, 11) is -10.3. The monoisotopic (exact) mass is 1120 g/mol. The number of allylic oxidation sites excluding steroid dienone is 2. The molecule has 0 saturated heterocycles. The van der Waals surface area contributed by atoms with Crippen molar-refractivity contribution in [1.82, 2.24) is 0 Å². The summed E-state index contributed by atoms with van der Waals surface area (Å²) in [6.45, 7) is 60.8. The first-order chi connectivity index (χ1) is 36.1. The standard InChI is InChI=1S/C72H100O6P2/c1-44-36-59(55(68(17,18)19)40-51(44)64(5,6)7)75-79(73,76-60-37-45(2)52(65(8,9)10)41-56(60)69(20,21)22)72(35-31-34-50-48-32-29-30-33-49(48)63(50)72)80(74,77-61-38-46(3)53(66(11,12)13)42-57(61)70(23,24)25)78-62-39-47(4)54(67(14,15)16)43-58(62)71(26,27)28/h29-34,36-43H,35H2,1-28H3. The zero-order valence-corrected chi connectivity index (χ0v) is 56.4. The van der Waals surface area contributed by atoms with Crippen LogP contribution in [-0.4, -0.2) is 4.90 Å². The van der Waals surface area contributed by atoms with E-state index in [1.54, 1.807) is 0 Å². The average Bonchev–Trinajstić information content (AvgIpc) is 3.24. The lowest BCUT2D eigenvalue weighted by molar-refractivity contribution is 0.331. The molecule has 5 aromatic rings. The molecule has 0 heterocycles. The van der Waals surface area contributed by atoms with Crippen molar-refractivity contribution in [3.63, 3.8) is 0 Å². The fourth-order valence-electron chi connectivity index (χ4n) is 12.3. The van der Waals surface area contributed by atoms with Crippen LogP contribution in [0.4, 0.5) is 0 Å². The van der Waals surface area contributed by atoms with Gasteiger partial charge in [0, 0.05) is 34.2 Å². The Balaban J connectivity index is 1.77. The SMILES string of the molecule is Cc1cc(OP(=O)(Oc2cc(C)c(C(C)(C)C)cc2C(C)(C)C)C2(P(=O)(Oc3cc(C)c(C(C)(C)C)cc3C(C)(C)C)Oc3cc(C)c(C(C)(C)C)cc3C(C)(C)C)CC=CC3=c4ccccc4=C32)c(C(C)(C)C)cc1C(C)(C)C. The van der Waals surface area contributed by atoms with Gasteiger partial charge in [0.1, 0.15) is 23.0 Å². The van der Waals surface area contributed by atoms with E-state index in [2.05, 4.69) is 230 Å². The fourth-order valence-corrected chi connectivity index (χ4v) is 18.0. The first-order valence-electron chi connectivity index (χ1n) is 29.2. The maximum Gasteiger partial charge on any atom is 0.456 e. The number of benzene rings is 5. The van der Waals surface area contributed by atoms with Crippen LogP contribution in [0.15, 0.2) is 84.9 Å². The van der Waals surface area contributed by atoms with Gasteiger partial charge < -0.3 is 18.1 Å². The summed E-state index contributed by atoms with van der Waals surface area (Å²) in [5.41, 5.74) is 10.3. The summed E-state index contributed by atoms with van der Waals surface area (Å²) < 4.78 is 68.7. The van der Waals surface area contributed by atoms with E-state index in [9.17, 15) is 0 Å². The van der Waals surface area contributed by atoms with E-state index in [4.69, 9.17) is 18.1 Å². The van der Waals surface area contributed by atoms with E-state index >= 15 is 9.13 Å². The van der Waals surface area contributed by atoms with E-state index in [1.807, 2.05) is 48.5 Å². The summed E-state index contributed by atoms with van der Waals surface area (Å²) in [5.74, 6) is 1.57. The lowest BCUT2D eigenvalue weighted by Gasteiger charge is -2.47. The second-order valence-corrected chi connectivity index (χ2v) is 36.4. The van der Waals surface area contributed by atoms with E-state index < -0.39 is 41.7 Å². The van der Waals surface area contributed by atoms with Crippen molar-refractivity contribution in [3.05, 3.63) is 162 Å². The third kappa shape index (κ3) is 11.6. The van der Waals surface area contributed by atoms with E-state index in [0.717, 1.165) is 82.8 Å². The Morgan fingerprint density at radius 1 is 0.350 bits per heavy atom. The zero-order valence-electron chi connectivity index (χ0n) is 54.6. The van der Waals surface area contributed by atoms with E-state index in [1.165, 1.54) is 0 Å². The molecular weight excluding hydrogens is 1020 g/mol. The van der Waals surface area contributed by atoms with E-state index in [-0.39, 0.29) is 28.1 Å². The van der Waals surface area contributed by atoms with Gasteiger partial charge in [-0.25, -0.2) is 9.13 Å². The molecule has 0 N–H and O–H groups in total. The highest BCUT2D eigenvalue weighted by molar-refractivity contribution is 7.76. The predicted octanol–water partition coefficient (Wildman–Crippen LogP) is 20.0. The second-order valence-electron chi connectivity index (χ2n) is 31.8. The molecule has 0 saturated carbocycles. The molecule has 80 heavy (non-hydrogen) atoms. The molecule has 0 spiro atoms. The van der Waals surface area contributed by atoms with Crippen LogP contribution in [0.2, 0.25) is 0 Å². The molecule has 6 nitrogen and oxygen atoms in total. The van der Waals surface area contributed by atoms with Gasteiger partial charge in [0.2, 0.25) is 4.90 Å². The minimum atomic E-state index is -5.14. The highest BCUT2D eigenvalue weighted by Gasteiger charge is 2.74. The Hall–Kier alpha value is -4.76. The van der Waals surface area contributed by atoms with Gasteiger partial charge in [0.15, 0.2) is 0 Å². The number of hydrogen-bond donors (Lipinski definition) is 0. The minimum Gasteiger partial charge on any atom is -0.415 e. The number of fused-ring (bicyclic) bond motifs is 2. The van der Waals surface area contributed by atoms with Gasteiger partial charge >= 0.3 is 15.2 Å². The van der Waals surface area contributed by atoms with Gasteiger partial charge in [0.05, 0.1) is 0 Å². The molecule has 0 amide bonds. The van der Waals surface area contributed by atoms with Gasteiger partial charge in [-0.1, -0.05) is 227 Å². The third-order valence-corrected chi connectivity index (χ3v) is 22.2. The van der Waals surface area contributed by atoms with Crippen LogP contribution in [0.1, 0.15) is 239 Å². The molecule has 5 aromatic carbocycles. The molecule has 2 aliphatic carbocycles. The maximum absolute atomic E-state index is 18.8. The van der Waals surface area contributed by atoms with Crippen LogP contribution in [0.25, 0.3) is 11.1 Å². The van der Waals surface area contributed by atoms with Gasteiger partial charge in [-0.2, -0.15) is 0 Å². The summed E-state index contributed by atoms with van der Waals surface area (Å²) in [6.07, 6.45) is 3.99. The summed E-state index contributed by atoms with van der Waals surface area (Å²) >= 11 is 0. The first kappa shape index (κ1) is 62.8. The maximum atomic E-state index is 18.8.